The number of ether oxygens (including phenoxy) is 1. The number of carbonyl (C=O) groups excluding carboxylic acids is 1. The lowest BCUT2D eigenvalue weighted by Gasteiger charge is -2.26. The van der Waals surface area contributed by atoms with Gasteiger partial charge in [-0.15, -0.1) is 0 Å². The van der Waals surface area contributed by atoms with Gasteiger partial charge in [-0.3, -0.25) is 4.79 Å². The van der Waals surface area contributed by atoms with Crippen molar-refractivity contribution in [1.82, 2.24) is 4.98 Å². The van der Waals surface area contributed by atoms with Crippen molar-refractivity contribution in [1.29, 1.82) is 0 Å². The third-order valence-electron chi connectivity index (χ3n) is 5.45. The monoisotopic (exact) mass is 496 g/mol. The number of fused-ring (bicyclic) bond motifs is 1. The molecule has 34 heavy (non-hydrogen) atoms. The van der Waals surface area contributed by atoms with Crippen LogP contribution < -0.4 is 10.1 Å². The zero-order valence-corrected chi connectivity index (χ0v) is 21.2. The molecule has 1 N–H and O–H groups in total. The number of benzene rings is 3. The summed E-state index contributed by atoms with van der Waals surface area (Å²) in [6, 6.07) is 18.3. The summed E-state index contributed by atoms with van der Waals surface area (Å²) in [6.45, 7) is 9.92. The van der Waals surface area contributed by atoms with Crippen LogP contribution >= 0.6 is 23.2 Å². The van der Waals surface area contributed by atoms with E-state index in [1.54, 1.807) is 50.2 Å². The highest BCUT2D eigenvalue weighted by atomic mass is 35.5. The number of hydrogen-bond donors (Lipinski definition) is 1. The first-order valence-corrected chi connectivity index (χ1v) is 11.6. The molecule has 0 saturated carbocycles. The normalized spacial score (nSPS) is 12.1. The largest absolute Gasteiger partial charge is 0.478 e. The number of hydrogen-bond acceptors (Lipinski definition) is 4. The Balaban J connectivity index is 1.49. The van der Waals surface area contributed by atoms with Gasteiger partial charge in [0.1, 0.15) is 11.3 Å². The van der Waals surface area contributed by atoms with Crippen LogP contribution in [0.4, 0.5) is 5.69 Å². The van der Waals surface area contributed by atoms with Crippen LogP contribution in [-0.4, -0.2) is 16.5 Å². The van der Waals surface area contributed by atoms with E-state index in [1.807, 2.05) is 24.3 Å². The fraction of sp³-hybridized carbons (Fsp3) is 0.259. The van der Waals surface area contributed by atoms with Gasteiger partial charge in [0.15, 0.2) is 11.2 Å². The summed E-state index contributed by atoms with van der Waals surface area (Å²) in [6.07, 6.45) is 0. The maximum absolute atomic E-state index is 13.0. The Hall–Kier alpha value is -3.02. The van der Waals surface area contributed by atoms with Crippen LogP contribution in [0.3, 0.4) is 0 Å². The number of halogens is 2. The summed E-state index contributed by atoms with van der Waals surface area (Å²) in [7, 11) is 0. The molecule has 0 unspecified atom stereocenters. The summed E-state index contributed by atoms with van der Waals surface area (Å²) in [5.74, 6) is 0.769. The SMILES string of the molecule is CC(C)(Oc1ccc(C(C)(C)C)cc1)C(=O)Nc1ccc2oc(-c3ccc(Cl)c(Cl)c3)nc2c1. The fourth-order valence-corrected chi connectivity index (χ4v) is 3.70. The second-order valence-corrected chi connectivity index (χ2v) is 10.5. The van der Waals surface area contributed by atoms with Crippen LogP contribution in [0, 0.1) is 0 Å². The molecule has 3 aromatic carbocycles. The average molecular weight is 497 g/mol. The van der Waals surface area contributed by atoms with E-state index in [2.05, 4.69) is 31.1 Å². The van der Waals surface area contributed by atoms with Crippen LogP contribution in [-0.2, 0) is 10.2 Å². The van der Waals surface area contributed by atoms with Gasteiger partial charge in [-0.05, 0) is 73.4 Å². The molecule has 0 spiro atoms. The third kappa shape index (κ3) is 5.21. The molecule has 0 radical (unpaired) electrons. The van der Waals surface area contributed by atoms with Crippen LogP contribution in [0.2, 0.25) is 10.0 Å². The quantitative estimate of drug-likeness (QED) is 0.305. The molecule has 0 aliphatic heterocycles. The van der Waals surface area contributed by atoms with Crippen LogP contribution in [0.25, 0.3) is 22.6 Å². The summed E-state index contributed by atoms with van der Waals surface area (Å²) < 4.78 is 11.8. The minimum atomic E-state index is -1.09. The van der Waals surface area contributed by atoms with Crippen molar-refractivity contribution < 1.29 is 13.9 Å². The molecule has 1 heterocycles. The predicted octanol–water partition coefficient (Wildman–Crippen LogP) is 7.90. The highest BCUT2D eigenvalue weighted by molar-refractivity contribution is 6.42. The van der Waals surface area contributed by atoms with Crippen molar-refractivity contribution in [3.63, 3.8) is 0 Å². The molecular formula is C27H26Cl2N2O3. The maximum atomic E-state index is 13.0. The van der Waals surface area contributed by atoms with Gasteiger partial charge in [0.25, 0.3) is 5.91 Å². The van der Waals surface area contributed by atoms with Crippen LogP contribution in [0.5, 0.6) is 5.75 Å². The van der Waals surface area contributed by atoms with Crippen molar-refractivity contribution in [2.24, 2.45) is 0 Å². The molecule has 0 atom stereocenters. The van der Waals surface area contributed by atoms with E-state index in [0.29, 0.717) is 44.0 Å². The van der Waals surface area contributed by atoms with Crippen molar-refractivity contribution in [2.75, 3.05) is 5.32 Å². The van der Waals surface area contributed by atoms with E-state index in [9.17, 15) is 4.79 Å². The first-order chi connectivity index (χ1) is 15.9. The molecule has 7 heteroatoms. The van der Waals surface area contributed by atoms with Crippen LogP contribution in [0.1, 0.15) is 40.2 Å². The Morgan fingerprint density at radius 3 is 2.26 bits per heavy atom. The number of amides is 1. The topological polar surface area (TPSA) is 64.4 Å². The minimum Gasteiger partial charge on any atom is -0.478 e. The number of anilines is 1. The Kier molecular flexibility index (Phi) is 6.36. The Labute approximate surface area is 209 Å². The van der Waals surface area contributed by atoms with Crippen LogP contribution in [0.15, 0.2) is 65.1 Å². The smallest absolute Gasteiger partial charge is 0.267 e. The summed E-state index contributed by atoms with van der Waals surface area (Å²) in [5, 5.41) is 3.79. The Bertz CT molecular complexity index is 1350. The highest BCUT2D eigenvalue weighted by Gasteiger charge is 2.30. The molecule has 0 bridgehead atoms. The molecule has 1 amide bonds. The van der Waals surface area contributed by atoms with Crippen molar-refractivity contribution in [2.45, 2.75) is 45.6 Å². The second-order valence-electron chi connectivity index (χ2n) is 9.67. The van der Waals surface area contributed by atoms with Gasteiger partial charge in [0, 0.05) is 11.3 Å². The average Bonchev–Trinajstić information content (AvgIpc) is 3.18. The van der Waals surface area contributed by atoms with Crippen molar-refractivity contribution in [3.05, 3.63) is 76.3 Å². The molecule has 0 saturated heterocycles. The molecule has 4 rings (SSSR count). The molecule has 1 aromatic heterocycles. The highest BCUT2D eigenvalue weighted by Crippen LogP contribution is 2.31. The van der Waals surface area contributed by atoms with Crippen molar-refractivity contribution in [3.8, 4) is 17.2 Å². The first kappa shape index (κ1) is 24.1. The van der Waals surface area contributed by atoms with Gasteiger partial charge >= 0.3 is 0 Å². The lowest BCUT2D eigenvalue weighted by atomic mass is 9.87. The fourth-order valence-electron chi connectivity index (χ4n) is 3.40. The molecule has 0 aliphatic carbocycles. The molecule has 176 valence electrons. The number of nitrogens with zero attached hydrogens (tertiary/aromatic N) is 1. The Morgan fingerprint density at radius 2 is 1.62 bits per heavy atom. The summed E-state index contributed by atoms with van der Waals surface area (Å²) in [5.41, 5.74) is 2.65. The predicted molar refractivity (Wildman–Crippen MR) is 138 cm³/mol. The van der Waals surface area contributed by atoms with Crippen molar-refractivity contribution >= 4 is 45.9 Å². The summed E-state index contributed by atoms with van der Waals surface area (Å²) >= 11 is 12.1. The van der Waals surface area contributed by atoms with E-state index < -0.39 is 5.60 Å². The lowest BCUT2D eigenvalue weighted by Crippen LogP contribution is -2.42. The number of rotatable bonds is 5. The molecule has 0 fully saturated rings. The van der Waals surface area contributed by atoms with Gasteiger partial charge < -0.3 is 14.5 Å². The molecule has 4 aromatic rings. The van der Waals surface area contributed by atoms with Gasteiger partial charge in [-0.2, -0.15) is 0 Å². The number of nitrogens with one attached hydrogen (secondary N) is 1. The second kappa shape index (κ2) is 8.97. The maximum Gasteiger partial charge on any atom is 0.267 e. The zero-order valence-electron chi connectivity index (χ0n) is 19.7. The number of oxazole rings is 1. The number of carbonyl (C=O) groups is 1. The first-order valence-electron chi connectivity index (χ1n) is 10.9. The van der Waals surface area contributed by atoms with Gasteiger partial charge in [0.05, 0.1) is 10.0 Å². The molecule has 5 nitrogen and oxygen atoms in total. The third-order valence-corrected chi connectivity index (χ3v) is 6.19. The molecular weight excluding hydrogens is 471 g/mol. The standard InChI is InChI=1S/C27H26Cl2N2O3/c1-26(2,3)17-7-10-19(11-8-17)34-27(4,5)25(32)30-18-9-13-23-22(15-18)31-24(33-23)16-6-12-20(28)21(29)14-16/h6-15H,1-5H3,(H,30,32). The van der Waals surface area contributed by atoms with E-state index in [4.69, 9.17) is 32.4 Å². The zero-order chi connectivity index (χ0) is 24.7. The minimum absolute atomic E-state index is 0.0465. The van der Waals surface area contributed by atoms with Gasteiger partial charge in [0.2, 0.25) is 5.89 Å². The molecule has 0 aliphatic rings. The number of aromatic nitrogens is 1. The van der Waals surface area contributed by atoms with E-state index in [-0.39, 0.29) is 11.3 Å². The Morgan fingerprint density at radius 1 is 0.912 bits per heavy atom. The van der Waals surface area contributed by atoms with Gasteiger partial charge in [-0.1, -0.05) is 56.1 Å². The lowest BCUT2D eigenvalue weighted by molar-refractivity contribution is -0.128. The van der Waals surface area contributed by atoms with E-state index in [1.165, 1.54) is 5.56 Å². The van der Waals surface area contributed by atoms with E-state index in [0.717, 1.165) is 0 Å². The summed E-state index contributed by atoms with van der Waals surface area (Å²) in [4.78, 5) is 17.5. The van der Waals surface area contributed by atoms with Gasteiger partial charge in [-0.25, -0.2) is 4.98 Å². The van der Waals surface area contributed by atoms with E-state index >= 15 is 0 Å².